The van der Waals surface area contributed by atoms with Gasteiger partial charge in [-0.2, -0.15) is 5.26 Å². The molecule has 0 radical (unpaired) electrons. The average molecular weight is 370 g/mol. The van der Waals surface area contributed by atoms with Crippen LogP contribution in [0.2, 0.25) is 0 Å². The first-order valence-electron chi connectivity index (χ1n) is 9.72. The van der Waals surface area contributed by atoms with Gasteiger partial charge in [0.05, 0.1) is 11.6 Å². The van der Waals surface area contributed by atoms with Gasteiger partial charge in [-0.3, -0.25) is 9.59 Å². The van der Waals surface area contributed by atoms with E-state index < -0.39 is 0 Å². The van der Waals surface area contributed by atoms with E-state index in [9.17, 15) is 9.59 Å². The molecule has 1 aromatic carbocycles. The molecule has 2 rings (SSSR count). The minimum atomic E-state index is -0.379. The zero-order valence-corrected chi connectivity index (χ0v) is 17.2. The van der Waals surface area contributed by atoms with Crippen LogP contribution in [-0.2, 0) is 16.1 Å². The van der Waals surface area contributed by atoms with Gasteiger partial charge in [0.1, 0.15) is 0 Å². The first kappa shape index (κ1) is 21.0. The molecule has 1 saturated heterocycles. The van der Waals surface area contributed by atoms with Crippen molar-refractivity contribution in [2.24, 2.45) is 11.3 Å². The van der Waals surface area contributed by atoms with Gasteiger partial charge in [-0.05, 0) is 44.4 Å². The zero-order valence-electron chi connectivity index (χ0n) is 17.2. The lowest BCUT2D eigenvalue weighted by atomic mass is 9.90. The van der Waals surface area contributed by atoms with Gasteiger partial charge in [-0.25, -0.2) is 0 Å². The second-order valence-corrected chi connectivity index (χ2v) is 8.69. The number of rotatable bonds is 4. The van der Waals surface area contributed by atoms with Crippen molar-refractivity contribution >= 4 is 11.8 Å². The molecule has 0 aliphatic carbocycles. The van der Waals surface area contributed by atoms with Gasteiger partial charge < -0.3 is 9.80 Å². The molecule has 0 spiro atoms. The fraction of sp³-hybridized carbons (Fsp3) is 0.591. The number of carbonyl (C=O) groups excluding carboxylic acids is 2. The van der Waals surface area contributed by atoms with E-state index in [-0.39, 0.29) is 29.2 Å². The average Bonchev–Trinajstić information content (AvgIpc) is 2.64. The van der Waals surface area contributed by atoms with Crippen molar-refractivity contribution in [2.45, 2.75) is 60.0 Å². The molecule has 5 nitrogen and oxygen atoms in total. The number of nitrogens with zero attached hydrogens (tertiary/aromatic N) is 3. The molecule has 2 amide bonds. The van der Waals surface area contributed by atoms with E-state index in [0.29, 0.717) is 25.2 Å². The van der Waals surface area contributed by atoms with Gasteiger partial charge >= 0.3 is 0 Å². The number of amides is 2. The Morgan fingerprint density at radius 3 is 2.19 bits per heavy atom. The second-order valence-electron chi connectivity index (χ2n) is 8.69. The number of benzene rings is 1. The van der Waals surface area contributed by atoms with Gasteiger partial charge in [0.2, 0.25) is 11.8 Å². The summed E-state index contributed by atoms with van der Waals surface area (Å²) in [5.74, 6) is 0.290. The Kier molecular flexibility index (Phi) is 6.64. The molecule has 1 aliphatic rings. The Hall–Kier alpha value is -2.35. The Morgan fingerprint density at radius 1 is 1.19 bits per heavy atom. The first-order chi connectivity index (χ1) is 12.6. The van der Waals surface area contributed by atoms with Gasteiger partial charge in [0, 0.05) is 37.0 Å². The molecule has 1 aliphatic heterocycles. The predicted octanol–water partition coefficient (Wildman–Crippen LogP) is 3.58. The number of likely N-dealkylation sites (tertiary alicyclic amines) is 1. The highest BCUT2D eigenvalue weighted by molar-refractivity contribution is 5.83. The number of carbonyl (C=O) groups is 2. The maximum absolute atomic E-state index is 13.1. The molecule has 1 heterocycles. The summed E-state index contributed by atoms with van der Waals surface area (Å²) in [7, 11) is 0. The molecule has 0 N–H and O–H groups in total. The third-order valence-corrected chi connectivity index (χ3v) is 5.12. The molecule has 1 fully saturated rings. The van der Waals surface area contributed by atoms with Crippen molar-refractivity contribution in [2.75, 3.05) is 13.1 Å². The highest BCUT2D eigenvalue weighted by atomic mass is 16.2. The van der Waals surface area contributed by atoms with Gasteiger partial charge in [-0.15, -0.1) is 0 Å². The van der Waals surface area contributed by atoms with Crippen molar-refractivity contribution < 1.29 is 9.59 Å². The summed E-state index contributed by atoms with van der Waals surface area (Å²) in [4.78, 5) is 29.4. The van der Waals surface area contributed by atoms with Gasteiger partial charge in [0.15, 0.2) is 0 Å². The molecule has 146 valence electrons. The van der Waals surface area contributed by atoms with E-state index in [1.54, 1.807) is 12.1 Å². The monoisotopic (exact) mass is 369 g/mol. The van der Waals surface area contributed by atoms with E-state index in [0.717, 1.165) is 18.4 Å². The summed E-state index contributed by atoms with van der Waals surface area (Å²) in [5.41, 5.74) is 1.27. The number of hydrogen-bond donors (Lipinski definition) is 0. The van der Waals surface area contributed by atoms with Crippen LogP contribution in [-0.4, -0.2) is 40.7 Å². The molecule has 27 heavy (non-hydrogen) atoms. The SMILES string of the molecule is CC(C)N(Cc1ccc(C#N)cc1)C(=O)C1CCN(C(=O)C(C)(C)C)CC1. The second kappa shape index (κ2) is 8.56. The van der Waals surface area contributed by atoms with Crippen LogP contribution in [0.1, 0.15) is 58.6 Å². The quantitative estimate of drug-likeness (QED) is 0.815. The fourth-order valence-corrected chi connectivity index (χ4v) is 3.43. The molecular formula is C22H31N3O2. The summed E-state index contributed by atoms with van der Waals surface area (Å²) in [6.07, 6.45) is 1.44. The Labute approximate surface area is 162 Å². The topological polar surface area (TPSA) is 64.4 Å². The zero-order chi connectivity index (χ0) is 20.2. The van der Waals surface area contributed by atoms with E-state index in [1.165, 1.54) is 0 Å². The number of hydrogen-bond acceptors (Lipinski definition) is 3. The third-order valence-electron chi connectivity index (χ3n) is 5.12. The van der Waals surface area contributed by atoms with Crippen LogP contribution < -0.4 is 0 Å². The summed E-state index contributed by atoms with van der Waals surface area (Å²) >= 11 is 0. The van der Waals surface area contributed by atoms with E-state index >= 15 is 0 Å². The van der Waals surface area contributed by atoms with Crippen LogP contribution in [0, 0.1) is 22.7 Å². The lowest BCUT2D eigenvalue weighted by Gasteiger charge is -2.38. The van der Waals surface area contributed by atoms with Crippen LogP contribution in [0.3, 0.4) is 0 Å². The highest BCUT2D eigenvalue weighted by Crippen LogP contribution is 2.26. The largest absolute Gasteiger partial charge is 0.342 e. The van der Waals surface area contributed by atoms with Crippen molar-refractivity contribution in [3.05, 3.63) is 35.4 Å². The number of nitriles is 1. The van der Waals surface area contributed by atoms with E-state index in [2.05, 4.69) is 6.07 Å². The van der Waals surface area contributed by atoms with E-state index in [1.807, 2.05) is 56.6 Å². The van der Waals surface area contributed by atoms with E-state index in [4.69, 9.17) is 5.26 Å². The summed E-state index contributed by atoms with van der Waals surface area (Å²) in [6, 6.07) is 9.61. The van der Waals surface area contributed by atoms with Crippen molar-refractivity contribution in [1.82, 2.24) is 9.80 Å². The minimum Gasteiger partial charge on any atom is -0.342 e. The minimum absolute atomic E-state index is 0.0326. The lowest BCUT2D eigenvalue weighted by Crippen LogP contribution is -2.48. The molecule has 0 aromatic heterocycles. The molecule has 5 heteroatoms. The van der Waals surface area contributed by atoms with Crippen molar-refractivity contribution in [3.8, 4) is 6.07 Å². The van der Waals surface area contributed by atoms with Crippen LogP contribution >= 0.6 is 0 Å². The van der Waals surface area contributed by atoms with Crippen LogP contribution in [0.5, 0.6) is 0 Å². The molecule has 0 saturated carbocycles. The summed E-state index contributed by atoms with van der Waals surface area (Å²) < 4.78 is 0. The van der Waals surface area contributed by atoms with Crippen molar-refractivity contribution in [3.63, 3.8) is 0 Å². The van der Waals surface area contributed by atoms with Crippen LogP contribution in [0.4, 0.5) is 0 Å². The fourth-order valence-electron chi connectivity index (χ4n) is 3.43. The van der Waals surface area contributed by atoms with Crippen LogP contribution in [0.15, 0.2) is 24.3 Å². The molecule has 0 bridgehead atoms. The molecule has 0 unspecified atom stereocenters. The maximum Gasteiger partial charge on any atom is 0.227 e. The van der Waals surface area contributed by atoms with Crippen molar-refractivity contribution in [1.29, 1.82) is 5.26 Å². The highest BCUT2D eigenvalue weighted by Gasteiger charge is 2.34. The Balaban J connectivity index is 2.01. The number of piperidine rings is 1. The summed E-state index contributed by atoms with van der Waals surface area (Å²) in [6.45, 7) is 11.7. The van der Waals surface area contributed by atoms with Gasteiger partial charge in [0.25, 0.3) is 0 Å². The normalized spacial score (nSPS) is 15.5. The smallest absolute Gasteiger partial charge is 0.227 e. The van der Waals surface area contributed by atoms with Crippen LogP contribution in [0.25, 0.3) is 0 Å². The lowest BCUT2D eigenvalue weighted by molar-refractivity contribution is -0.146. The van der Waals surface area contributed by atoms with Gasteiger partial charge in [-0.1, -0.05) is 32.9 Å². The Bertz CT molecular complexity index is 703. The molecular weight excluding hydrogens is 338 g/mol. The Morgan fingerprint density at radius 2 is 1.74 bits per heavy atom. The molecule has 0 atom stereocenters. The first-order valence-corrected chi connectivity index (χ1v) is 9.72. The standard InChI is InChI=1S/C22H31N3O2/c1-16(2)25(15-18-8-6-17(14-23)7-9-18)20(26)19-10-12-24(13-11-19)21(27)22(3,4)5/h6-9,16,19H,10-13,15H2,1-5H3. The summed E-state index contributed by atoms with van der Waals surface area (Å²) in [5, 5.41) is 8.93. The predicted molar refractivity (Wildman–Crippen MR) is 106 cm³/mol. The third kappa shape index (κ3) is 5.32. The molecule has 1 aromatic rings. The maximum atomic E-state index is 13.1.